The summed E-state index contributed by atoms with van der Waals surface area (Å²) in [4.78, 5) is 4.80. The van der Waals surface area contributed by atoms with Gasteiger partial charge in [-0.3, -0.25) is 0 Å². The molecule has 3 aromatic heterocycles. The molecule has 0 fully saturated rings. The average molecular weight is 398 g/mol. The number of para-hydroxylation sites is 2. The first kappa shape index (κ1) is 18.3. The Labute approximate surface area is 174 Å². The van der Waals surface area contributed by atoms with Gasteiger partial charge in [0, 0.05) is 30.1 Å². The van der Waals surface area contributed by atoms with Crippen LogP contribution in [-0.4, -0.2) is 36.6 Å². The van der Waals surface area contributed by atoms with Crippen LogP contribution in [0.15, 0.2) is 48.5 Å². The Balaban J connectivity index is 1.61. The van der Waals surface area contributed by atoms with Crippen LogP contribution in [0.3, 0.4) is 0 Å². The summed E-state index contributed by atoms with van der Waals surface area (Å²) in [5, 5.41) is 14.7. The van der Waals surface area contributed by atoms with Crippen LogP contribution in [0.4, 0.5) is 0 Å². The predicted molar refractivity (Wildman–Crippen MR) is 116 cm³/mol. The summed E-state index contributed by atoms with van der Waals surface area (Å²) < 4.78 is 9.34. The van der Waals surface area contributed by atoms with Crippen molar-refractivity contribution in [1.82, 2.24) is 29.5 Å². The topological polar surface area (TPSA) is 70.7 Å². The molecule has 0 spiro atoms. The second-order valence-electron chi connectivity index (χ2n) is 7.41. The second kappa shape index (κ2) is 6.95. The van der Waals surface area contributed by atoms with Gasteiger partial charge in [0.05, 0.1) is 18.3 Å². The van der Waals surface area contributed by atoms with E-state index in [4.69, 9.17) is 14.8 Å². The zero-order valence-electron chi connectivity index (χ0n) is 17.4. The fourth-order valence-electron chi connectivity index (χ4n) is 4.05. The van der Waals surface area contributed by atoms with Crippen LogP contribution in [0.5, 0.6) is 5.75 Å². The molecule has 2 aromatic carbocycles. The molecule has 0 radical (unpaired) electrons. The molecule has 0 aliphatic rings. The lowest BCUT2D eigenvalue weighted by Gasteiger charge is -2.08. The summed E-state index contributed by atoms with van der Waals surface area (Å²) in [7, 11) is 3.69. The van der Waals surface area contributed by atoms with E-state index in [1.165, 1.54) is 0 Å². The summed E-state index contributed by atoms with van der Waals surface area (Å²) in [5.41, 5.74) is 6.87. The minimum atomic E-state index is 0.472. The highest BCUT2D eigenvalue weighted by atomic mass is 16.5. The lowest BCUT2D eigenvalue weighted by molar-refractivity contribution is 0.410. The molecule has 150 valence electrons. The van der Waals surface area contributed by atoms with Gasteiger partial charge < -0.3 is 9.30 Å². The van der Waals surface area contributed by atoms with E-state index in [0.717, 1.165) is 56.8 Å². The number of aromatic nitrogens is 6. The van der Waals surface area contributed by atoms with Gasteiger partial charge in [-0.25, -0.2) is 4.68 Å². The molecule has 0 amide bonds. The maximum absolute atomic E-state index is 5.51. The molecule has 0 saturated carbocycles. The van der Waals surface area contributed by atoms with Gasteiger partial charge in [0.2, 0.25) is 0 Å². The van der Waals surface area contributed by atoms with E-state index < -0.39 is 0 Å². The van der Waals surface area contributed by atoms with Crippen LogP contribution in [-0.2, 0) is 13.5 Å². The monoisotopic (exact) mass is 398 g/mol. The van der Waals surface area contributed by atoms with E-state index in [-0.39, 0.29) is 0 Å². The number of rotatable bonds is 4. The quantitative estimate of drug-likeness (QED) is 0.459. The van der Waals surface area contributed by atoms with Crippen molar-refractivity contribution >= 4 is 22.1 Å². The molecule has 5 rings (SSSR count). The van der Waals surface area contributed by atoms with Gasteiger partial charge >= 0.3 is 0 Å². The molecule has 0 aliphatic heterocycles. The molecule has 7 nitrogen and oxygen atoms in total. The van der Waals surface area contributed by atoms with Gasteiger partial charge in [-0.1, -0.05) is 36.4 Å². The molecule has 0 saturated heterocycles. The molecular weight excluding hydrogens is 376 g/mol. The number of nitrogens with zero attached hydrogens (tertiary/aromatic N) is 6. The Morgan fingerprint density at radius 1 is 0.967 bits per heavy atom. The summed E-state index contributed by atoms with van der Waals surface area (Å²) in [6, 6.07) is 16.2. The third-order valence-corrected chi connectivity index (χ3v) is 5.69. The molecule has 0 unspecified atom stereocenters. The zero-order valence-corrected chi connectivity index (χ0v) is 17.4. The number of fused-ring (bicyclic) bond motifs is 3. The van der Waals surface area contributed by atoms with Crippen molar-refractivity contribution in [2.45, 2.75) is 20.3 Å². The van der Waals surface area contributed by atoms with Gasteiger partial charge in [-0.2, -0.15) is 10.1 Å². The summed E-state index contributed by atoms with van der Waals surface area (Å²) >= 11 is 0. The van der Waals surface area contributed by atoms with E-state index in [9.17, 15) is 0 Å². The third kappa shape index (κ3) is 2.74. The van der Waals surface area contributed by atoms with Crippen LogP contribution in [0.2, 0.25) is 0 Å². The van der Waals surface area contributed by atoms with Crippen molar-refractivity contribution in [2.24, 2.45) is 7.05 Å². The van der Waals surface area contributed by atoms with E-state index >= 15 is 0 Å². The van der Waals surface area contributed by atoms with Gasteiger partial charge in [-0.05, 0) is 31.5 Å². The van der Waals surface area contributed by atoms with E-state index in [0.29, 0.717) is 5.95 Å². The largest absolute Gasteiger partial charge is 0.496 e. The minimum absolute atomic E-state index is 0.472. The van der Waals surface area contributed by atoms with Crippen LogP contribution >= 0.6 is 0 Å². The summed E-state index contributed by atoms with van der Waals surface area (Å²) in [5.74, 6) is 1.35. The van der Waals surface area contributed by atoms with Crippen LogP contribution < -0.4 is 4.74 Å². The first-order valence-corrected chi connectivity index (χ1v) is 9.83. The highest BCUT2D eigenvalue weighted by molar-refractivity contribution is 6.03. The molecule has 0 bridgehead atoms. The average Bonchev–Trinajstić information content (AvgIpc) is 3.22. The summed E-state index contributed by atoms with van der Waals surface area (Å²) in [6.45, 7) is 4.05. The fraction of sp³-hybridized carbons (Fsp3) is 0.217. The number of methoxy groups -OCH3 is 1. The number of ether oxygens (including phenoxy) is 1. The highest BCUT2D eigenvalue weighted by Crippen LogP contribution is 2.27. The predicted octanol–water partition coefficient (Wildman–Crippen LogP) is 3.92. The maximum atomic E-state index is 5.51. The molecule has 3 heterocycles. The van der Waals surface area contributed by atoms with Crippen LogP contribution in [0.1, 0.15) is 22.5 Å². The van der Waals surface area contributed by atoms with Crippen LogP contribution in [0.25, 0.3) is 28.0 Å². The zero-order chi connectivity index (χ0) is 20.8. The van der Waals surface area contributed by atoms with Crippen molar-refractivity contribution in [2.75, 3.05) is 7.11 Å². The van der Waals surface area contributed by atoms with Crippen molar-refractivity contribution in [3.8, 4) is 11.7 Å². The highest BCUT2D eigenvalue weighted by Gasteiger charge is 2.19. The van der Waals surface area contributed by atoms with Gasteiger partial charge in [-0.15, -0.1) is 10.2 Å². The Morgan fingerprint density at radius 2 is 1.73 bits per heavy atom. The van der Waals surface area contributed by atoms with Crippen molar-refractivity contribution in [3.05, 3.63) is 71.0 Å². The normalized spacial score (nSPS) is 11.5. The molecular formula is C23H22N6O. The Kier molecular flexibility index (Phi) is 4.24. The first-order chi connectivity index (χ1) is 14.6. The van der Waals surface area contributed by atoms with Gasteiger partial charge in [0.25, 0.3) is 5.95 Å². The summed E-state index contributed by atoms with van der Waals surface area (Å²) in [6.07, 6.45) is 0.728. The number of hydrogen-bond acceptors (Lipinski definition) is 5. The molecule has 0 N–H and O–H groups in total. The molecule has 7 heteroatoms. The smallest absolute Gasteiger partial charge is 0.272 e. The lowest BCUT2D eigenvalue weighted by atomic mass is 10.0. The number of hydrogen-bond donors (Lipinski definition) is 0. The first-order valence-electron chi connectivity index (χ1n) is 9.83. The molecule has 0 aliphatic carbocycles. The van der Waals surface area contributed by atoms with Crippen molar-refractivity contribution in [3.63, 3.8) is 0 Å². The minimum Gasteiger partial charge on any atom is -0.496 e. The van der Waals surface area contributed by atoms with Gasteiger partial charge in [0.1, 0.15) is 11.3 Å². The lowest BCUT2D eigenvalue weighted by Crippen LogP contribution is -2.07. The molecule has 0 atom stereocenters. The fourth-order valence-corrected chi connectivity index (χ4v) is 4.05. The molecule has 5 aromatic rings. The van der Waals surface area contributed by atoms with E-state index in [2.05, 4.69) is 22.3 Å². The Bertz CT molecular complexity index is 1400. The molecule has 30 heavy (non-hydrogen) atoms. The van der Waals surface area contributed by atoms with Crippen molar-refractivity contribution in [1.29, 1.82) is 0 Å². The number of benzene rings is 2. The standard InChI is InChI=1S/C23H22N6O/c1-14-18(13-16-9-5-8-12-20(16)30-4)15(2)29(27-14)23-24-22-21(25-26-23)17-10-6-7-11-19(17)28(22)3/h5-12H,13H2,1-4H3. The van der Waals surface area contributed by atoms with Crippen molar-refractivity contribution < 1.29 is 4.74 Å². The third-order valence-electron chi connectivity index (χ3n) is 5.69. The van der Waals surface area contributed by atoms with Crippen LogP contribution in [0, 0.1) is 13.8 Å². The van der Waals surface area contributed by atoms with E-state index in [1.807, 2.05) is 61.9 Å². The Morgan fingerprint density at radius 3 is 2.57 bits per heavy atom. The van der Waals surface area contributed by atoms with E-state index in [1.54, 1.807) is 11.8 Å². The number of aryl methyl sites for hydroxylation is 2. The van der Waals surface area contributed by atoms with Gasteiger partial charge in [0.15, 0.2) is 5.65 Å². The SMILES string of the molecule is COc1ccccc1Cc1c(C)nn(-c2nnc3c4ccccc4n(C)c3n2)c1C. The second-order valence-corrected chi connectivity index (χ2v) is 7.41. The Hall–Kier alpha value is -3.74. The maximum Gasteiger partial charge on any atom is 0.272 e.